The molecule has 0 amide bonds. The van der Waals surface area contributed by atoms with Crippen molar-refractivity contribution in [3.05, 3.63) is 72.9 Å². The molecule has 8 nitrogen and oxygen atoms in total. The molecule has 2 atom stereocenters. The van der Waals surface area contributed by atoms with Crippen LogP contribution in [0.15, 0.2) is 72.9 Å². The molecule has 0 heterocycles. The van der Waals surface area contributed by atoms with E-state index < -0.39 is 19.9 Å². The molecule has 300 valence electrons. The Morgan fingerprint density at radius 1 is 0.596 bits per heavy atom. The zero-order valence-corrected chi connectivity index (χ0v) is 33.9. The summed E-state index contributed by atoms with van der Waals surface area (Å²) < 4.78 is 33.3. The molecule has 9 heteroatoms. The second kappa shape index (κ2) is 40.1. The normalized spacial score (nSPS) is 14.3. The lowest BCUT2D eigenvalue weighted by Crippen LogP contribution is -2.28. The van der Waals surface area contributed by atoms with Crippen LogP contribution in [0.1, 0.15) is 155 Å². The van der Waals surface area contributed by atoms with Crippen molar-refractivity contribution in [2.45, 2.75) is 161 Å². The molecule has 0 aliphatic carbocycles. The number of phosphoric acid groups is 1. The Labute approximate surface area is 318 Å². The number of phosphoric ester groups is 1. The van der Waals surface area contributed by atoms with E-state index in [-0.39, 0.29) is 32.8 Å². The molecule has 0 fully saturated rings. The Hall–Kier alpha value is -2.06. The third-order valence-electron chi connectivity index (χ3n) is 8.15. The van der Waals surface area contributed by atoms with E-state index in [1.807, 2.05) is 12.2 Å². The van der Waals surface area contributed by atoms with Gasteiger partial charge >= 0.3 is 13.8 Å². The molecule has 0 aliphatic heterocycles. The van der Waals surface area contributed by atoms with Gasteiger partial charge in [-0.3, -0.25) is 13.8 Å². The second-order valence-corrected chi connectivity index (χ2v) is 14.6. The van der Waals surface area contributed by atoms with Gasteiger partial charge in [-0.25, -0.2) is 4.57 Å². The van der Waals surface area contributed by atoms with Gasteiger partial charge in [0.1, 0.15) is 6.10 Å². The van der Waals surface area contributed by atoms with E-state index in [0.29, 0.717) is 13.0 Å². The van der Waals surface area contributed by atoms with Crippen molar-refractivity contribution in [1.29, 1.82) is 0 Å². The predicted octanol–water partition coefficient (Wildman–Crippen LogP) is 12.0. The molecule has 3 N–H and O–H groups in total. The fourth-order valence-electron chi connectivity index (χ4n) is 5.20. The van der Waals surface area contributed by atoms with Crippen molar-refractivity contribution in [2.24, 2.45) is 5.73 Å². The molecule has 0 radical (unpaired) electrons. The third-order valence-corrected chi connectivity index (χ3v) is 9.14. The highest BCUT2D eigenvalue weighted by Crippen LogP contribution is 2.43. The van der Waals surface area contributed by atoms with E-state index in [9.17, 15) is 14.3 Å². The number of rotatable bonds is 38. The van der Waals surface area contributed by atoms with Crippen LogP contribution in [0.2, 0.25) is 0 Å². The third kappa shape index (κ3) is 39.2. The van der Waals surface area contributed by atoms with E-state index in [1.165, 1.54) is 77.0 Å². The maximum absolute atomic E-state index is 12.5. The van der Waals surface area contributed by atoms with Crippen LogP contribution in [0.5, 0.6) is 0 Å². The minimum Gasteiger partial charge on any atom is -0.457 e. The van der Waals surface area contributed by atoms with Gasteiger partial charge in [0, 0.05) is 19.6 Å². The summed E-state index contributed by atoms with van der Waals surface area (Å²) >= 11 is 0. The number of ether oxygens (including phenoxy) is 2. The lowest BCUT2D eigenvalue weighted by molar-refractivity contribution is -0.154. The maximum Gasteiger partial charge on any atom is 0.472 e. The monoisotopic (exact) mass is 750 g/mol. The molecule has 52 heavy (non-hydrogen) atoms. The number of allylic oxidation sites excluding steroid dienone is 12. The Bertz CT molecular complexity index is 1020. The first-order valence-corrected chi connectivity index (χ1v) is 21.9. The Morgan fingerprint density at radius 3 is 1.50 bits per heavy atom. The summed E-state index contributed by atoms with van der Waals surface area (Å²) in [5, 5.41) is 0. The molecule has 0 bridgehead atoms. The fraction of sp³-hybridized carbons (Fsp3) is 0.698. The van der Waals surface area contributed by atoms with E-state index in [2.05, 4.69) is 74.6 Å². The standard InChI is InChI=1S/C43H76NO7P/c1-3-5-7-9-11-13-15-17-19-20-21-22-23-24-26-28-30-32-34-36-43(45)51-42(41-50-52(46,47)49-39-37-44)40-48-38-35-33-31-29-27-25-18-16-14-12-10-8-6-4-2/h5,7,11,13,17,19,21-22,24,26,30,32,42H,3-4,6,8-10,12,14-16,18,20,23,25,27-29,31,33-41,44H2,1-2H3,(H,46,47)/b7-5-,13-11-,19-17-,22-21-,26-24-,32-30-. The largest absolute Gasteiger partial charge is 0.472 e. The van der Waals surface area contributed by atoms with Gasteiger partial charge in [-0.2, -0.15) is 0 Å². The molecule has 0 aromatic rings. The first-order valence-electron chi connectivity index (χ1n) is 20.4. The average molecular weight is 750 g/mol. The molecule has 2 unspecified atom stereocenters. The molecule has 0 saturated carbocycles. The van der Waals surface area contributed by atoms with Gasteiger partial charge in [-0.05, 0) is 51.4 Å². The van der Waals surface area contributed by atoms with Gasteiger partial charge in [0.2, 0.25) is 0 Å². The molecular weight excluding hydrogens is 673 g/mol. The highest BCUT2D eigenvalue weighted by atomic mass is 31.2. The van der Waals surface area contributed by atoms with Gasteiger partial charge in [-0.1, -0.05) is 170 Å². The van der Waals surface area contributed by atoms with Crippen molar-refractivity contribution in [3.63, 3.8) is 0 Å². The summed E-state index contributed by atoms with van der Waals surface area (Å²) in [5.41, 5.74) is 5.35. The maximum atomic E-state index is 12.5. The molecule has 0 aromatic carbocycles. The van der Waals surface area contributed by atoms with Crippen LogP contribution < -0.4 is 5.73 Å². The van der Waals surface area contributed by atoms with Crippen LogP contribution in [0.3, 0.4) is 0 Å². The van der Waals surface area contributed by atoms with E-state index in [1.54, 1.807) is 0 Å². The van der Waals surface area contributed by atoms with E-state index >= 15 is 0 Å². The number of esters is 1. The zero-order chi connectivity index (χ0) is 38.1. The topological polar surface area (TPSA) is 117 Å². The summed E-state index contributed by atoms with van der Waals surface area (Å²) in [6.45, 7) is 4.70. The number of unbranched alkanes of at least 4 members (excludes halogenated alkanes) is 13. The summed E-state index contributed by atoms with van der Waals surface area (Å²) in [6.07, 6.45) is 49.3. The van der Waals surface area contributed by atoms with Crippen LogP contribution in [-0.4, -0.2) is 49.9 Å². The minimum atomic E-state index is -4.30. The molecular formula is C43H76NO7P. The van der Waals surface area contributed by atoms with Crippen LogP contribution in [0.25, 0.3) is 0 Å². The van der Waals surface area contributed by atoms with Crippen LogP contribution in [0, 0.1) is 0 Å². The number of hydrogen-bond acceptors (Lipinski definition) is 7. The SMILES string of the molecule is CC/C=C\C/C=C\C/C=C\C/C=C\C/C=C\C/C=C\CCC(=O)OC(COCCCCCCCCCCCCCCCC)COP(=O)(O)OCCN. The number of hydrogen-bond donors (Lipinski definition) is 2. The van der Waals surface area contributed by atoms with Gasteiger partial charge in [0.15, 0.2) is 0 Å². The van der Waals surface area contributed by atoms with Crippen molar-refractivity contribution in [1.82, 2.24) is 0 Å². The van der Waals surface area contributed by atoms with Crippen LogP contribution in [-0.2, 0) is 27.9 Å². The van der Waals surface area contributed by atoms with E-state index in [0.717, 1.165) is 51.4 Å². The number of carbonyl (C=O) groups is 1. The van der Waals surface area contributed by atoms with Gasteiger partial charge in [0.25, 0.3) is 0 Å². The first-order chi connectivity index (χ1) is 25.4. The Balaban J connectivity index is 4.21. The average Bonchev–Trinajstić information content (AvgIpc) is 3.13. The summed E-state index contributed by atoms with van der Waals surface area (Å²) in [4.78, 5) is 22.4. The molecule has 0 spiro atoms. The Kier molecular flexibility index (Phi) is 38.5. The molecule has 0 saturated heterocycles. The zero-order valence-electron chi connectivity index (χ0n) is 33.0. The van der Waals surface area contributed by atoms with Crippen LogP contribution >= 0.6 is 7.82 Å². The summed E-state index contributed by atoms with van der Waals surface area (Å²) in [6, 6.07) is 0. The first kappa shape index (κ1) is 49.9. The highest BCUT2D eigenvalue weighted by Gasteiger charge is 2.25. The fourth-order valence-corrected chi connectivity index (χ4v) is 5.96. The van der Waals surface area contributed by atoms with Gasteiger partial charge < -0.3 is 20.1 Å². The van der Waals surface area contributed by atoms with Crippen LogP contribution in [0.4, 0.5) is 0 Å². The second-order valence-electron chi connectivity index (χ2n) is 13.1. The molecule has 0 rings (SSSR count). The molecule has 0 aliphatic rings. The molecule has 0 aromatic heterocycles. The highest BCUT2D eigenvalue weighted by molar-refractivity contribution is 7.47. The van der Waals surface area contributed by atoms with Crippen molar-refractivity contribution in [2.75, 3.05) is 33.0 Å². The summed E-state index contributed by atoms with van der Waals surface area (Å²) in [7, 11) is -4.30. The van der Waals surface area contributed by atoms with E-state index in [4.69, 9.17) is 24.3 Å². The van der Waals surface area contributed by atoms with Crippen molar-refractivity contribution >= 4 is 13.8 Å². The Morgan fingerprint density at radius 2 is 1.04 bits per heavy atom. The van der Waals surface area contributed by atoms with Gasteiger partial charge in [-0.15, -0.1) is 0 Å². The smallest absolute Gasteiger partial charge is 0.457 e. The lowest BCUT2D eigenvalue weighted by Gasteiger charge is -2.20. The predicted molar refractivity (Wildman–Crippen MR) is 219 cm³/mol. The van der Waals surface area contributed by atoms with Crippen molar-refractivity contribution < 1.29 is 32.8 Å². The minimum absolute atomic E-state index is 0.0843. The quantitative estimate of drug-likeness (QED) is 0.0277. The van der Waals surface area contributed by atoms with Crippen molar-refractivity contribution in [3.8, 4) is 0 Å². The van der Waals surface area contributed by atoms with Gasteiger partial charge in [0.05, 0.1) is 19.8 Å². The summed E-state index contributed by atoms with van der Waals surface area (Å²) in [5.74, 6) is -0.413. The lowest BCUT2D eigenvalue weighted by atomic mass is 10.0. The number of nitrogens with two attached hydrogens (primary N) is 1. The number of carbonyl (C=O) groups excluding carboxylic acids is 1.